The van der Waals surface area contributed by atoms with Crippen molar-refractivity contribution in [1.82, 2.24) is 19.4 Å². The Bertz CT molecular complexity index is 1190. The Morgan fingerprint density at radius 2 is 1.80 bits per heavy atom. The van der Waals surface area contributed by atoms with Gasteiger partial charge in [-0.3, -0.25) is 4.40 Å². The van der Waals surface area contributed by atoms with Crippen molar-refractivity contribution in [2.45, 2.75) is 24.2 Å². The molecule has 3 heterocycles. The Morgan fingerprint density at radius 1 is 1.10 bits per heavy atom. The molecular weight excluding hydrogens is 442 g/mol. The molecule has 7 nitrogen and oxygen atoms in total. The summed E-state index contributed by atoms with van der Waals surface area (Å²) in [5.74, 6) is -0.842. The molecule has 0 bridgehead atoms. The number of imidazole rings is 1. The Labute approximate surface area is 165 Å². The minimum Gasteiger partial charge on any atom is -0.482 e. The van der Waals surface area contributed by atoms with Gasteiger partial charge >= 0.3 is 12.4 Å². The van der Waals surface area contributed by atoms with Crippen LogP contribution in [0.4, 0.5) is 26.3 Å². The van der Waals surface area contributed by atoms with Gasteiger partial charge in [-0.2, -0.15) is 26.3 Å². The highest BCUT2D eigenvalue weighted by atomic mass is 32.2. The summed E-state index contributed by atoms with van der Waals surface area (Å²) in [5.41, 5.74) is -1.72. The molecule has 0 spiro atoms. The third-order valence-corrected chi connectivity index (χ3v) is 5.57. The highest BCUT2D eigenvalue weighted by Gasteiger charge is 2.33. The molecule has 0 radical (unpaired) electrons. The van der Waals surface area contributed by atoms with E-state index in [2.05, 4.69) is 19.7 Å². The monoisotopic (exact) mass is 454 g/mol. The molecule has 3 aromatic rings. The first kappa shape index (κ1) is 21.8. The predicted molar refractivity (Wildman–Crippen MR) is 90.5 cm³/mol. The molecule has 0 atom stereocenters. The van der Waals surface area contributed by atoms with Crippen molar-refractivity contribution in [2.75, 3.05) is 12.4 Å². The molecule has 0 unspecified atom stereocenters. The van der Waals surface area contributed by atoms with Crippen molar-refractivity contribution in [1.29, 1.82) is 0 Å². The van der Waals surface area contributed by atoms with E-state index in [1.807, 2.05) is 0 Å². The van der Waals surface area contributed by atoms with E-state index in [9.17, 15) is 34.8 Å². The van der Waals surface area contributed by atoms with Crippen molar-refractivity contribution in [3.63, 3.8) is 0 Å². The van der Waals surface area contributed by atoms with Crippen molar-refractivity contribution >= 4 is 15.5 Å². The lowest BCUT2D eigenvalue weighted by Gasteiger charge is -2.12. The van der Waals surface area contributed by atoms with Gasteiger partial charge in [0.25, 0.3) is 0 Å². The highest BCUT2D eigenvalue weighted by molar-refractivity contribution is 7.91. The first-order chi connectivity index (χ1) is 13.8. The van der Waals surface area contributed by atoms with Crippen LogP contribution in [0.1, 0.15) is 12.6 Å². The van der Waals surface area contributed by atoms with Crippen LogP contribution in [0, 0.1) is 0 Å². The van der Waals surface area contributed by atoms with Gasteiger partial charge in [0.2, 0.25) is 0 Å². The number of fused-ring (bicyclic) bond motifs is 1. The minimum absolute atomic E-state index is 0.106. The van der Waals surface area contributed by atoms with Crippen molar-refractivity contribution < 1.29 is 39.5 Å². The second kappa shape index (κ2) is 7.41. The fourth-order valence-corrected chi connectivity index (χ4v) is 3.47. The van der Waals surface area contributed by atoms with Crippen LogP contribution in [0.2, 0.25) is 0 Å². The fourth-order valence-electron chi connectivity index (χ4n) is 2.42. The van der Waals surface area contributed by atoms with Gasteiger partial charge in [-0.15, -0.1) is 0 Å². The zero-order chi connectivity index (χ0) is 22.3. The topological polar surface area (TPSA) is 86.5 Å². The normalized spacial score (nSPS) is 13.0. The molecule has 162 valence electrons. The van der Waals surface area contributed by atoms with Gasteiger partial charge in [0.15, 0.2) is 16.4 Å². The van der Waals surface area contributed by atoms with E-state index in [-0.39, 0.29) is 17.0 Å². The van der Waals surface area contributed by atoms with E-state index in [0.29, 0.717) is 6.07 Å². The maximum Gasteiger partial charge on any atom is 0.433 e. The van der Waals surface area contributed by atoms with Gasteiger partial charge in [0.05, 0.1) is 16.8 Å². The molecule has 0 fully saturated rings. The summed E-state index contributed by atoms with van der Waals surface area (Å²) < 4.78 is 106. The lowest BCUT2D eigenvalue weighted by molar-refractivity contribution is -0.153. The molecule has 3 rings (SSSR count). The van der Waals surface area contributed by atoms with Crippen LogP contribution in [0.5, 0.6) is 5.75 Å². The average Bonchev–Trinajstić information content (AvgIpc) is 3.08. The molecule has 0 aliphatic carbocycles. The van der Waals surface area contributed by atoms with Gasteiger partial charge in [0, 0.05) is 18.3 Å². The number of rotatable bonds is 5. The predicted octanol–water partition coefficient (Wildman–Crippen LogP) is 3.54. The number of nitrogens with zero attached hydrogens (tertiary/aromatic N) is 4. The van der Waals surface area contributed by atoms with Crippen molar-refractivity contribution in [2.24, 2.45) is 0 Å². The summed E-state index contributed by atoms with van der Waals surface area (Å²) in [4.78, 5) is 10.6. The Kier molecular flexibility index (Phi) is 5.39. The molecular formula is C16H12F6N4O3S. The quantitative estimate of drug-likeness (QED) is 0.549. The van der Waals surface area contributed by atoms with E-state index < -0.39 is 50.9 Å². The molecule has 0 amide bonds. The van der Waals surface area contributed by atoms with Crippen LogP contribution in [0.25, 0.3) is 17.0 Å². The Hall–Kier alpha value is -2.90. The summed E-state index contributed by atoms with van der Waals surface area (Å²) in [6, 6.07) is 1.54. The summed E-state index contributed by atoms with van der Waals surface area (Å²) in [6.45, 7) is -0.342. The van der Waals surface area contributed by atoms with E-state index in [0.717, 1.165) is 23.0 Å². The van der Waals surface area contributed by atoms with Crippen LogP contribution < -0.4 is 4.74 Å². The molecule has 0 aliphatic rings. The van der Waals surface area contributed by atoms with Gasteiger partial charge in [-0.25, -0.2) is 23.4 Å². The van der Waals surface area contributed by atoms with Crippen LogP contribution in [-0.2, 0) is 16.0 Å². The Balaban J connectivity index is 2.10. The number of aromatic nitrogens is 4. The molecule has 0 saturated heterocycles. The van der Waals surface area contributed by atoms with Crippen LogP contribution in [0.3, 0.4) is 0 Å². The SMILES string of the molecule is CCS(=O)(=O)c1cc(OCC(F)(F)F)cnc1-c1cn2cnc(C(F)(F)F)cc2n1. The van der Waals surface area contributed by atoms with Crippen LogP contribution in [-0.4, -0.2) is 46.3 Å². The molecule has 0 aliphatic heterocycles. The lowest BCUT2D eigenvalue weighted by atomic mass is 10.3. The first-order valence-corrected chi connectivity index (χ1v) is 9.80. The molecule has 0 saturated carbocycles. The summed E-state index contributed by atoms with van der Waals surface area (Å²) in [5, 5.41) is 0. The van der Waals surface area contributed by atoms with E-state index in [1.165, 1.54) is 13.1 Å². The highest BCUT2D eigenvalue weighted by Crippen LogP contribution is 2.31. The molecule has 14 heteroatoms. The third kappa shape index (κ3) is 4.63. The van der Waals surface area contributed by atoms with Gasteiger partial charge in [-0.05, 0) is 0 Å². The largest absolute Gasteiger partial charge is 0.482 e. The first-order valence-electron chi connectivity index (χ1n) is 8.15. The van der Waals surface area contributed by atoms with Crippen LogP contribution in [0.15, 0.2) is 35.7 Å². The second-order valence-electron chi connectivity index (χ2n) is 5.99. The van der Waals surface area contributed by atoms with E-state index in [1.54, 1.807) is 0 Å². The summed E-state index contributed by atoms with van der Waals surface area (Å²) in [6.07, 6.45) is -6.42. The summed E-state index contributed by atoms with van der Waals surface area (Å²) in [7, 11) is -3.99. The maximum atomic E-state index is 12.8. The number of hydrogen-bond acceptors (Lipinski definition) is 6. The number of sulfone groups is 1. The maximum absolute atomic E-state index is 12.8. The number of ether oxygens (including phenoxy) is 1. The zero-order valence-corrected chi connectivity index (χ0v) is 15.8. The number of pyridine rings is 1. The van der Waals surface area contributed by atoms with Gasteiger partial charge in [0.1, 0.15) is 34.8 Å². The standard InChI is InChI=1S/C16H12F6N4O3S/c1-2-30(27,28)11-3-9(29-7-15(17,18)19)5-23-14(11)10-6-26-8-24-12(16(20,21)22)4-13(26)25-10/h3-6,8H,2,7H2,1H3. The lowest BCUT2D eigenvalue weighted by Crippen LogP contribution is -2.19. The smallest absolute Gasteiger partial charge is 0.433 e. The van der Waals surface area contributed by atoms with E-state index in [4.69, 9.17) is 0 Å². The second-order valence-corrected chi connectivity index (χ2v) is 8.24. The number of hydrogen-bond donors (Lipinski definition) is 0. The molecule has 0 aromatic carbocycles. The van der Waals surface area contributed by atoms with Gasteiger partial charge in [-0.1, -0.05) is 6.92 Å². The number of alkyl halides is 6. The van der Waals surface area contributed by atoms with E-state index >= 15 is 0 Å². The minimum atomic E-state index is -4.71. The average molecular weight is 454 g/mol. The van der Waals surface area contributed by atoms with Crippen molar-refractivity contribution in [3.8, 4) is 17.1 Å². The van der Waals surface area contributed by atoms with Crippen LogP contribution >= 0.6 is 0 Å². The Morgan fingerprint density at radius 3 is 2.40 bits per heavy atom. The van der Waals surface area contributed by atoms with Gasteiger partial charge < -0.3 is 4.74 Å². The molecule has 0 N–H and O–H groups in total. The molecule has 30 heavy (non-hydrogen) atoms. The van der Waals surface area contributed by atoms with Crippen molar-refractivity contribution in [3.05, 3.63) is 36.5 Å². The third-order valence-electron chi connectivity index (χ3n) is 3.83. The molecule has 3 aromatic heterocycles. The fraction of sp³-hybridized carbons (Fsp3) is 0.312. The zero-order valence-electron chi connectivity index (χ0n) is 15.0. The number of halogens is 6. The summed E-state index contributed by atoms with van der Waals surface area (Å²) >= 11 is 0.